The van der Waals surface area contributed by atoms with E-state index in [1.54, 1.807) is 5.19 Å². The van der Waals surface area contributed by atoms with Gasteiger partial charge in [-0.3, -0.25) is 0 Å². The summed E-state index contributed by atoms with van der Waals surface area (Å²) in [5.74, 6) is 0.701. The monoisotopic (exact) mass is 248 g/mol. The first-order valence-electron chi connectivity index (χ1n) is 6.65. The Morgan fingerprint density at radius 3 is 2.06 bits per heavy atom. The molecule has 0 spiro atoms. The van der Waals surface area contributed by atoms with Crippen molar-refractivity contribution in [1.82, 2.24) is 0 Å². The Bertz CT molecular complexity index is 372. The molecule has 1 aliphatic heterocycles. The van der Waals surface area contributed by atoms with Crippen LogP contribution in [-0.4, -0.2) is 20.3 Å². The summed E-state index contributed by atoms with van der Waals surface area (Å²) in [4.78, 5) is 0. The Morgan fingerprint density at radius 2 is 1.65 bits per heavy atom. The van der Waals surface area contributed by atoms with Crippen molar-refractivity contribution in [2.75, 3.05) is 0 Å². The molecule has 2 rings (SSSR count). The standard InChI is InChI=1S/C15H24OSi/c1-11(2)15(14-12(3)16-14)17(4,5)13-9-7-6-8-10-13/h6-12,14-15H,1-5H3/t12-,14+,15-/m0/s1. The van der Waals surface area contributed by atoms with Crippen molar-refractivity contribution in [2.45, 2.75) is 51.6 Å². The second-order valence-electron chi connectivity index (χ2n) is 6.16. The Hall–Kier alpha value is -0.603. The van der Waals surface area contributed by atoms with Gasteiger partial charge in [0.25, 0.3) is 0 Å². The Balaban J connectivity index is 2.29. The highest BCUT2D eigenvalue weighted by Crippen LogP contribution is 2.43. The van der Waals surface area contributed by atoms with Gasteiger partial charge in [-0.2, -0.15) is 0 Å². The number of ether oxygens (including phenoxy) is 1. The van der Waals surface area contributed by atoms with Crippen LogP contribution in [0.15, 0.2) is 30.3 Å². The average molecular weight is 248 g/mol. The molecule has 1 aromatic rings. The fraction of sp³-hybridized carbons (Fsp3) is 0.600. The van der Waals surface area contributed by atoms with Gasteiger partial charge in [-0.05, 0) is 18.4 Å². The quantitative estimate of drug-likeness (QED) is 0.587. The van der Waals surface area contributed by atoms with E-state index >= 15 is 0 Å². The minimum atomic E-state index is -1.44. The molecule has 0 saturated carbocycles. The van der Waals surface area contributed by atoms with Gasteiger partial charge in [0.15, 0.2) is 0 Å². The van der Waals surface area contributed by atoms with Crippen LogP contribution in [0.3, 0.4) is 0 Å². The molecule has 94 valence electrons. The summed E-state index contributed by atoms with van der Waals surface area (Å²) in [6.07, 6.45) is 0.967. The van der Waals surface area contributed by atoms with Crippen LogP contribution >= 0.6 is 0 Å². The average Bonchev–Trinajstić information content (AvgIpc) is 2.95. The van der Waals surface area contributed by atoms with Gasteiger partial charge in [0.05, 0.1) is 20.3 Å². The van der Waals surface area contributed by atoms with Gasteiger partial charge in [0.1, 0.15) is 0 Å². The summed E-state index contributed by atoms with van der Waals surface area (Å²) < 4.78 is 5.78. The van der Waals surface area contributed by atoms with Crippen LogP contribution in [-0.2, 0) is 4.74 Å². The van der Waals surface area contributed by atoms with Gasteiger partial charge in [-0.25, -0.2) is 0 Å². The van der Waals surface area contributed by atoms with E-state index in [9.17, 15) is 0 Å². The lowest BCUT2D eigenvalue weighted by Crippen LogP contribution is -2.49. The molecule has 17 heavy (non-hydrogen) atoms. The maximum absolute atomic E-state index is 5.78. The normalized spacial score (nSPS) is 26.0. The highest BCUT2D eigenvalue weighted by atomic mass is 28.3. The molecular formula is C15H24OSi. The topological polar surface area (TPSA) is 12.5 Å². The van der Waals surface area contributed by atoms with Crippen LogP contribution in [0.5, 0.6) is 0 Å². The van der Waals surface area contributed by atoms with E-state index in [2.05, 4.69) is 64.2 Å². The predicted molar refractivity (Wildman–Crippen MR) is 76.5 cm³/mol. The van der Waals surface area contributed by atoms with Crippen LogP contribution < -0.4 is 5.19 Å². The maximum Gasteiger partial charge on any atom is 0.0865 e. The van der Waals surface area contributed by atoms with E-state index in [0.29, 0.717) is 18.1 Å². The third-order valence-electron chi connectivity index (χ3n) is 4.18. The Kier molecular flexibility index (Phi) is 3.46. The second-order valence-corrected chi connectivity index (χ2v) is 10.9. The van der Waals surface area contributed by atoms with E-state index in [0.717, 1.165) is 5.54 Å². The number of hydrogen-bond donors (Lipinski definition) is 0. The molecule has 0 unspecified atom stereocenters. The smallest absolute Gasteiger partial charge is 0.0865 e. The first kappa shape index (κ1) is 12.8. The van der Waals surface area contributed by atoms with Crippen LogP contribution in [0.2, 0.25) is 18.6 Å². The van der Waals surface area contributed by atoms with E-state index in [4.69, 9.17) is 4.74 Å². The number of epoxide rings is 1. The number of benzene rings is 1. The van der Waals surface area contributed by atoms with Crippen LogP contribution in [0.1, 0.15) is 20.8 Å². The van der Waals surface area contributed by atoms with Gasteiger partial charge < -0.3 is 4.74 Å². The lowest BCUT2D eigenvalue weighted by molar-refractivity contribution is 0.348. The summed E-state index contributed by atoms with van der Waals surface area (Å²) in [5, 5.41) is 1.56. The highest BCUT2D eigenvalue weighted by molar-refractivity contribution is 6.91. The van der Waals surface area contributed by atoms with Crippen molar-refractivity contribution in [1.29, 1.82) is 0 Å². The summed E-state index contributed by atoms with van der Waals surface area (Å²) in [7, 11) is -1.44. The van der Waals surface area contributed by atoms with Crippen LogP contribution in [0.4, 0.5) is 0 Å². The molecule has 1 aromatic carbocycles. The summed E-state index contributed by atoms with van der Waals surface area (Å²) in [5.41, 5.74) is 0.722. The molecule has 0 aliphatic carbocycles. The molecule has 0 aromatic heterocycles. The fourth-order valence-corrected chi connectivity index (χ4v) is 7.54. The molecule has 0 radical (unpaired) electrons. The molecule has 1 aliphatic rings. The zero-order valence-electron chi connectivity index (χ0n) is 11.6. The number of rotatable bonds is 4. The lowest BCUT2D eigenvalue weighted by atomic mass is 10.1. The minimum Gasteiger partial charge on any atom is -0.370 e. The van der Waals surface area contributed by atoms with Crippen molar-refractivity contribution >= 4 is 13.3 Å². The zero-order chi connectivity index (χ0) is 12.6. The number of hydrogen-bond acceptors (Lipinski definition) is 1. The zero-order valence-corrected chi connectivity index (χ0v) is 12.6. The third-order valence-corrected chi connectivity index (χ3v) is 8.66. The lowest BCUT2D eigenvalue weighted by Gasteiger charge is -2.35. The molecule has 0 amide bonds. The molecule has 3 atom stereocenters. The SMILES string of the molecule is CC(C)[C@@H]([C@@H]1O[C@H]1C)[Si](C)(C)c1ccccc1. The Labute approximate surface area is 106 Å². The molecular weight excluding hydrogens is 224 g/mol. The highest BCUT2D eigenvalue weighted by Gasteiger charge is 2.50. The van der Waals surface area contributed by atoms with Crippen LogP contribution in [0, 0.1) is 5.92 Å². The molecule has 1 heterocycles. The minimum absolute atomic E-state index is 0.470. The predicted octanol–water partition coefficient (Wildman–Crippen LogP) is 3.42. The first-order chi connectivity index (χ1) is 7.94. The van der Waals surface area contributed by atoms with E-state index < -0.39 is 8.07 Å². The molecule has 1 fully saturated rings. The summed E-state index contributed by atoms with van der Waals surface area (Å²) in [6, 6.07) is 11.0. The summed E-state index contributed by atoms with van der Waals surface area (Å²) in [6.45, 7) is 11.9. The van der Waals surface area contributed by atoms with Crippen molar-refractivity contribution in [2.24, 2.45) is 5.92 Å². The first-order valence-corrected chi connectivity index (χ1v) is 9.73. The van der Waals surface area contributed by atoms with Gasteiger partial charge in [0.2, 0.25) is 0 Å². The van der Waals surface area contributed by atoms with E-state index in [1.165, 1.54) is 0 Å². The van der Waals surface area contributed by atoms with Gasteiger partial charge in [-0.15, -0.1) is 0 Å². The van der Waals surface area contributed by atoms with E-state index in [1.807, 2.05) is 0 Å². The van der Waals surface area contributed by atoms with Crippen molar-refractivity contribution < 1.29 is 4.74 Å². The molecule has 0 bridgehead atoms. The molecule has 0 N–H and O–H groups in total. The van der Waals surface area contributed by atoms with Gasteiger partial charge >= 0.3 is 0 Å². The van der Waals surface area contributed by atoms with Gasteiger partial charge in [0, 0.05) is 0 Å². The maximum atomic E-state index is 5.78. The molecule has 2 heteroatoms. The largest absolute Gasteiger partial charge is 0.370 e. The van der Waals surface area contributed by atoms with Gasteiger partial charge in [-0.1, -0.05) is 62.5 Å². The molecule has 1 nitrogen and oxygen atoms in total. The Morgan fingerprint density at radius 1 is 1.12 bits per heavy atom. The van der Waals surface area contributed by atoms with E-state index in [-0.39, 0.29) is 0 Å². The molecule has 1 saturated heterocycles. The third kappa shape index (κ3) is 2.48. The fourth-order valence-electron chi connectivity index (χ4n) is 3.26. The van der Waals surface area contributed by atoms with Crippen molar-refractivity contribution in [3.05, 3.63) is 30.3 Å². The van der Waals surface area contributed by atoms with Crippen LogP contribution in [0.25, 0.3) is 0 Å². The second kappa shape index (κ2) is 4.58. The summed E-state index contributed by atoms with van der Waals surface area (Å²) >= 11 is 0. The van der Waals surface area contributed by atoms with Crippen molar-refractivity contribution in [3.8, 4) is 0 Å². The van der Waals surface area contributed by atoms with Crippen molar-refractivity contribution in [3.63, 3.8) is 0 Å².